The maximum Gasteiger partial charge on any atom is 0.338 e. The molecule has 0 bridgehead atoms. The Bertz CT molecular complexity index is 880. The van der Waals surface area contributed by atoms with Crippen LogP contribution in [0.2, 0.25) is 0 Å². The number of carbonyl (C=O) groups is 1. The first-order valence-corrected chi connectivity index (χ1v) is 8.79. The van der Waals surface area contributed by atoms with Crippen LogP contribution in [0.5, 0.6) is 5.75 Å². The van der Waals surface area contributed by atoms with Gasteiger partial charge in [-0.05, 0) is 42.0 Å². The van der Waals surface area contributed by atoms with Gasteiger partial charge in [-0.15, -0.1) is 0 Å². The first kappa shape index (κ1) is 18.1. The van der Waals surface area contributed by atoms with Gasteiger partial charge in [0.25, 0.3) is 0 Å². The van der Waals surface area contributed by atoms with Crippen molar-refractivity contribution in [3.63, 3.8) is 0 Å². The molecule has 0 aliphatic rings. The highest BCUT2D eigenvalue weighted by Crippen LogP contribution is 2.18. The molecule has 0 saturated heterocycles. The van der Waals surface area contributed by atoms with E-state index in [1.807, 2.05) is 30.3 Å². The molecule has 0 spiro atoms. The fraction of sp³-hybridized carbons (Fsp3) is 0.0952. The molecular formula is C21H16BrFO3. The van der Waals surface area contributed by atoms with Gasteiger partial charge in [0.15, 0.2) is 0 Å². The van der Waals surface area contributed by atoms with Crippen molar-refractivity contribution in [1.29, 1.82) is 0 Å². The van der Waals surface area contributed by atoms with E-state index in [1.165, 1.54) is 6.07 Å². The average Bonchev–Trinajstić information content (AvgIpc) is 2.67. The second-order valence-electron chi connectivity index (χ2n) is 5.61. The highest BCUT2D eigenvalue weighted by molar-refractivity contribution is 9.10. The van der Waals surface area contributed by atoms with Crippen molar-refractivity contribution >= 4 is 21.9 Å². The lowest BCUT2D eigenvalue weighted by molar-refractivity contribution is 0.0469. The Morgan fingerprint density at radius 3 is 2.35 bits per heavy atom. The first-order valence-electron chi connectivity index (χ1n) is 7.99. The Labute approximate surface area is 159 Å². The van der Waals surface area contributed by atoms with Gasteiger partial charge in [0.1, 0.15) is 24.8 Å². The molecule has 0 aliphatic carbocycles. The molecule has 0 saturated carbocycles. The molecule has 0 amide bonds. The molecule has 3 aromatic rings. The van der Waals surface area contributed by atoms with Crippen molar-refractivity contribution in [2.24, 2.45) is 0 Å². The summed E-state index contributed by atoms with van der Waals surface area (Å²) in [6, 6.07) is 21.1. The molecule has 26 heavy (non-hydrogen) atoms. The minimum Gasteiger partial charge on any atom is -0.489 e. The van der Waals surface area contributed by atoms with Crippen LogP contribution in [0.4, 0.5) is 4.39 Å². The Morgan fingerprint density at radius 2 is 1.65 bits per heavy atom. The van der Waals surface area contributed by atoms with Crippen LogP contribution >= 0.6 is 15.9 Å². The number of esters is 1. The normalized spacial score (nSPS) is 10.4. The molecule has 0 unspecified atom stereocenters. The Balaban J connectivity index is 1.55. The predicted octanol–water partition coefficient (Wildman–Crippen LogP) is 5.52. The quantitative estimate of drug-likeness (QED) is 0.497. The van der Waals surface area contributed by atoms with Crippen LogP contribution < -0.4 is 4.74 Å². The second kappa shape index (κ2) is 8.63. The van der Waals surface area contributed by atoms with Crippen molar-refractivity contribution in [1.82, 2.24) is 0 Å². The zero-order valence-corrected chi connectivity index (χ0v) is 15.4. The van der Waals surface area contributed by atoms with Gasteiger partial charge in [0, 0.05) is 10.0 Å². The van der Waals surface area contributed by atoms with E-state index in [1.54, 1.807) is 36.4 Å². The summed E-state index contributed by atoms with van der Waals surface area (Å²) in [7, 11) is 0. The van der Waals surface area contributed by atoms with E-state index in [2.05, 4.69) is 15.9 Å². The van der Waals surface area contributed by atoms with Crippen LogP contribution in [0.3, 0.4) is 0 Å². The molecule has 0 N–H and O–H groups in total. The summed E-state index contributed by atoms with van der Waals surface area (Å²) in [6.45, 7) is 0.331. The zero-order valence-electron chi connectivity index (χ0n) is 13.8. The number of halogens is 2. The molecule has 0 aromatic heterocycles. The van der Waals surface area contributed by atoms with E-state index in [0.717, 1.165) is 5.56 Å². The summed E-state index contributed by atoms with van der Waals surface area (Å²) in [5.41, 5.74) is 1.77. The van der Waals surface area contributed by atoms with Gasteiger partial charge in [-0.2, -0.15) is 0 Å². The fourth-order valence-electron chi connectivity index (χ4n) is 2.29. The molecule has 0 radical (unpaired) electrons. The highest BCUT2D eigenvalue weighted by Gasteiger charge is 2.10. The maximum atomic E-state index is 13.7. The summed E-state index contributed by atoms with van der Waals surface area (Å²) < 4.78 is 25.2. The lowest BCUT2D eigenvalue weighted by Gasteiger charge is -2.08. The van der Waals surface area contributed by atoms with Gasteiger partial charge in [-0.25, -0.2) is 9.18 Å². The summed E-state index contributed by atoms with van der Waals surface area (Å²) in [5, 5.41) is 0. The van der Waals surface area contributed by atoms with Gasteiger partial charge >= 0.3 is 5.97 Å². The number of carbonyl (C=O) groups excluding carboxylic acids is 1. The monoisotopic (exact) mass is 414 g/mol. The molecule has 3 nitrogen and oxygen atoms in total. The van der Waals surface area contributed by atoms with E-state index < -0.39 is 11.8 Å². The van der Waals surface area contributed by atoms with Gasteiger partial charge < -0.3 is 9.47 Å². The van der Waals surface area contributed by atoms with Crippen LogP contribution in [0.25, 0.3) is 0 Å². The van der Waals surface area contributed by atoms with Crippen LogP contribution in [-0.2, 0) is 18.0 Å². The number of benzene rings is 3. The van der Waals surface area contributed by atoms with Crippen molar-refractivity contribution in [2.45, 2.75) is 13.2 Å². The lowest BCUT2D eigenvalue weighted by atomic mass is 10.2. The zero-order chi connectivity index (χ0) is 18.4. The van der Waals surface area contributed by atoms with Crippen LogP contribution in [0, 0.1) is 5.82 Å². The van der Waals surface area contributed by atoms with E-state index in [4.69, 9.17) is 9.47 Å². The third-order valence-corrected chi connectivity index (χ3v) is 4.21. The van der Waals surface area contributed by atoms with Crippen molar-refractivity contribution in [3.8, 4) is 5.75 Å². The summed E-state index contributed by atoms with van der Waals surface area (Å²) in [4.78, 5) is 12.1. The van der Waals surface area contributed by atoms with Crippen molar-refractivity contribution in [3.05, 3.63) is 99.8 Å². The molecule has 3 aromatic carbocycles. The molecule has 3 rings (SSSR count). The number of hydrogen-bond donors (Lipinski definition) is 0. The molecule has 0 aliphatic heterocycles. The van der Waals surface area contributed by atoms with E-state index >= 15 is 0 Å². The third-order valence-electron chi connectivity index (χ3n) is 3.71. The van der Waals surface area contributed by atoms with E-state index in [9.17, 15) is 9.18 Å². The average molecular weight is 415 g/mol. The molecule has 0 fully saturated rings. The third kappa shape index (κ3) is 4.92. The number of rotatable bonds is 6. The topological polar surface area (TPSA) is 35.5 Å². The molecule has 0 heterocycles. The predicted molar refractivity (Wildman–Crippen MR) is 100 cm³/mol. The van der Waals surface area contributed by atoms with Crippen molar-refractivity contribution < 1.29 is 18.7 Å². The van der Waals surface area contributed by atoms with Gasteiger partial charge in [-0.3, -0.25) is 0 Å². The van der Waals surface area contributed by atoms with Gasteiger partial charge in [0.05, 0.1) is 5.56 Å². The first-order chi connectivity index (χ1) is 12.6. The maximum absolute atomic E-state index is 13.7. The molecule has 5 heteroatoms. The Hall–Kier alpha value is -2.66. The fourth-order valence-corrected chi connectivity index (χ4v) is 2.63. The van der Waals surface area contributed by atoms with Crippen LogP contribution in [0.15, 0.2) is 77.3 Å². The lowest BCUT2D eigenvalue weighted by Crippen LogP contribution is -2.06. The summed E-state index contributed by atoms with van der Waals surface area (Å²) in [5.74, 6) is -0.275. The van der Waals surface area contributed by atoms with Crippen molar-refractivity contribution in [2.75, 3.05) is 0 Å². The summed E-state index contributed by atoms with van der Waals surface area (Å²) in [6.07, 6.45) is 0. The van der Waals surface area contributed by atoms with Crippen LogP contribution in [0.1, 0.15) is 21.5 Å². The van der Waals surface area contributed by atoms with Gasteiger partial charge in [-0.1, -0.05) is 52.3 Å². The summed E-state index contributed by atoms with van der Waals surface area (Å²) >= 11 is 3.19. The standard InChI is InChI=1S/C21H16BrFO3/c22-18-9-6-17(20(23)12-18)14-26-21(24)16-7-10-19(11-8-16)25-13-15-4-2-1-3-5-15/h1-12H,13-14H2. The minimum atomic E-state index is -0.512. The SMILES string of the molecule is O=C(OCc1ccc(Br)cc1F)c1ccc(OCc2ccccc2)cc1. The number of hydrogen-bond acceptors (Lipinski definition) is 3. The Kier molecular flexibility index (Phi) is 6.02. The highest BCUT2D eigenvalue weighted by atomic mass is 79.9. The van der Waals surface area contributed by atoms with E-state index in [-0.39, 0.29) is 6.61 Å². The Morgan fingerprint density at radius 1 is 0.923 bits per heavy atom. The van der Waals surface area contributed by atoms with Crippen LogP contribution in [-0.4, -0.2) is 5.97 Å². The van der Waals surface area contributed by atoms with E-state index in [0.29, 0.717) is 28.0 Å². The minimum absolute atomic E-state index is 0.121. The largest absolute Gasteiger partial charge is 0.489 e. The molecule has 0 atom stereocenters. The van der Waals surface area contributed by atoms with Gasteiger partial charge in [0.2, 0.25) is 0 Å². The second-order valence-corrected chi connectivity index (χ2v) is 6.53. The molecule has 132 valence electrons. The smallest absolute Gasteiger partial charge is 0.338 e. The molecular weight excluding hydrogens is 399 g/mol. The number of ether oxygens (including phenoxy) is 2.